The number of benzene rings is 1. The van der Waals surface area contributed by atoms with Crippen molar-refractivity contribution < 1.29 is 28.6 Å². The van der Waals surface area contributed by atoms with Crippen LogP contribution in [0.1, 0.15) is 29.8 Å². The summed E-state index contributed by atoms with van der Waals surface area (Å²) in [5, 5.41) is 0.131. The Balaban J connectivity index is 2.45. The Bertz CT molecular complexity index is 690. The molecule has 0 aliphatic carbocycles. The number of ether oxygens (including phenoxy) is 3. The summed E-state index contributed by atoms with van der Waals surface area (Å²) in [7, 11) is 1.22. The van der Waals surface area contributed by atoms with Gasteiger partial charge in [0.25, 0.3) is 5.79 Å². The number of esters is 3. The number of halogens is 2. The third kappa shape index (κ3) is 3.65. The van der Waals surface area contributed by atoms with Gasteiger partial charge in [-0.2, -0.15) is 0 Å². The normalized spacial score (nSPS) is 16.5. The monoisotopic (exact) mass is 358 g/mol. The average molecular weight is 359 g/mol. The zero-order valence-corrected chi connectivity index (χ0v) is 13.9. The lowest BCUT2D eigenvalue weighted by Gasteiger charge is -2.29. The van der Waals surface area contributed by atoms with E-state index in [4.69, 9.17) is 32.7 Å². The maximum Gasteiger partial charge on any atom is 0.348 e. The second kappa shape index (κ2) is 6.22. The van der Waals surface area contributed by atoms with Crippen LogP contribution in [0.25, 0.3) is 6.08 Å². The van der Waals surface area contributed by atoms with Crippen molar-refractivity contribution in [1.82, 2.24) is 0 Å². The number of cyclic esters (lactones) is 2. The van der Waals surface area contributed by atoms with Gasteiger partial charge in [0.1, 0.15) is 5.57 Å². The van der Waals surface area contributed by atoms with Crippen LogP contribution in [-0.4, -0.2) is 30.8 Å². The Labute approximate surface area is 141 Å². The van der Waals surface area contributed by atoms with Gasteiger partial charge in [0.05, 0.1) is 22.7 Å². The molecule has 2 rings (SSSR count). The molecule has 6 nitrogen and oxygen atoms in total. The minimum atomic E-state index is -1.34. The predicted octanol–water partition coefficient (Wildman–Crippen LogP) is 3.00. The predicted molar refractivity (Wildman–Crippen MR) is 82.0 cm³/mol. The van der Waals surface area contributed by atoms with Crippen molar-refractivity contribution in [3.63, 3.8) is 0 Å². The van der Waals surface area contributed by atoms with Crippen LogP contribution in [0.5, 0.6) is 0 Å². The first-order chi connectivity index (χ1) is 10.6. The Hall–Kier alpha value is -2.05. The van der Waals surface area contributed by atoms with Gasteiger partial charge in [0.2, 0.25) is 0 Å². The molecule has 0 bridgehead atoms. The second-order valence-electron chi connectivity index (χ2n) is 5.08. The van der Waals surface area contributed by atoms with Gasteiger partial charge in [-0.1, -0.05) is 23.2 Å². The largest absolute Gasteiger partial charge is 0.465 e. The highest BCUT2D eigenvalue weighted by molar-refractivity contribution is 6.38. The standard InChI is InChI=1S/C15H12Cl2O6/c1-15(2)22-13(19)9(14(20)23-15)6-8-10(16)4-7(5-11(8)17)12(18)21-3/h4-6H,1-3H3. The lowest BCUT2D eigenvalue weighted by Crippen LogP contribution is -2.41. The van der Waals surface area contributed by atoms with Gasteiger partial charge < -0.3 is 14.2 Å². The lowest BCUT2D eigenvalue weighted by atomic mass is 10.1. The molecular weight excluding hydrogens is 347 g/mol. The third-order valence-electron chi connectivity index (χ3n) is 2.91. The average Bonchev–Trinajstić information content (AvgIpc) is 2.42. The fourth-order valence-corrected chi connectivity index (χ4v) is 2.48. The Morgan fingerprint density at radius 3 is 2.04 bits per heavy atom. The van der Waals surface area contributed by atoms with Crippen LogP contribution in [0.4, 0.5) is 0 Å². The van der Waals surface area contributed by atoms with Crippen molar-refractivity contribution in [2.45, 2.75) is 19.6 Å². The quantitative estimate of drug-likeness (QED) is 0.459. The van der Waals surface area contributed by atoms with Gasteiger partial charge >= 0.3 is 17.9 Å². The van der Waals surface area contributed by atoms with Gasteiger partial charge in [-0.3, -0.25) is 0 Å². The molecule has 1 fully saturated rings. The highest BCUT2D eigenvalue weighted by Crippen LogP contribution is 2.31. The van der Waals surface area contributed by atoms with Gasteiger partial charge in [-0.15, -0.1) is 0 Å². The van der Waals surface area contributed by atoms with E-state index < -0.39 is 23.7 Å². The third-order valence-corrected chi connectivity index (χ3v) is 3.53. The molecule has 122 valence electrons. The first-order valence-corrected chi connectivity index (χ1v) is 7.16. The van der Waals surface area contributed by atoms with E-state index in [-0.39, 0.29) is 26.7 Å². The minimum absolute atomic E-state index is 0.0656. The zero-order chi connectivity index (χ0) is 17.4. The zero-order valence-electron chi connectivity index (χ0n) is 12.4. The van der Waals surface area contributed by atoms with Gasteiger partial charge in [-0.05, 0) is 18.2 Å². The van der Waals surface area contributed by atoms with E-state index in [1.165, 1.54) is 33.1 Å². The number of rotatable bonds is 2. The molecule has 0 amide bonds. The molecule has 1 aliphatic heterocycles. The highest BCUT2D eigenvalue weighted by atomic mass is 35.5. The second-order valence-corrected chi connectivity index (χ2v) is 5.90. The maximum absolute atomic E-state index is 11.9. The summed E-state index contributed by atoms with van der Waals surface area (Å²) in [6, 6.07) is 2.63. The molecule has 0 spiro atoms. The molecule has 0 N–H and O–H groups in total. The molecular formula is C15H12Cl2O6. The number of hydrogen-bond donors (Lipinski definition) is 0. The molecule has 0 unspecified atom stereocenters. The molecule has 0 radical (unpaired) electrons. The fourth-order valence-electron chi connectivity index (χ4n) is 1.88. The number of carbonyl (C=O) groups is 3. The molecule has 0 saturated carbocycles. The van der Waals surface area contributed by atoms with E-state index in [0.29, 0.717) is 0 Å². The number of methoxy groups -OCH3 is 1. The van der Waals surface area contributed by atoms with E-state index in [2.05, 4.69) is 4.74 Å². The van der Waals surface area contributed by atoms with Crippen molar-refractivity contribution >= 4 is 47.2 Å². The molecule has 23 heavy (non-hydrogen) atoms. The molecule has 8 heteroatoms. The molecule has 1 heterocycles. The van der Waals surface area contributed by atoms with Crippen molar-refractivity contribution in [2.75, 3.05) is 7.11 Å². The summed E-state index contributed by atoms with van der Waals surface area (Å²) in [5.74, 6) is -3.66. The van der Waals surface area contributed by atoms with Crippen molar-refractivity contribution in [1.29, 1.82) is 0 Å². The molecule has 1 aromatic rings. The lowest BCUT2D eigenvalue weighted by molar-refractivity contribution is -0.222. The molecule has 1 saturated heterocycles. The summed E-state index contributed by atoms with van der Waals surface area (Å²) in [5.41, 5.74) is -0.0249. The van der Waals surface area contributed by atoms with Crippen molar-refractivity contribution in [3.8, 4) is 0 Å². The van der Waals surface area contributed by atoms with E-state index in [0.717, 1.165) is 6.08 Å². The van der Waals surface area contributed by atoms with Crippen LogP contribution >= 0.6 is 23.2 Å². The molecule has 1 aromatic carbocycles. The Morgan fingerprint density at radius 1 is 1.13 bits per heavy atom. The Kier molecular flexibility index (Phi) is 4.68. The van der Waals surface area contributed by atoms with E-state index in [9.17, 15) is 14.4 Å². The van der Waals surface area contributed by atoms with Crippen molar-refractivity contribution in [3.05, 3.63) is 38.9 Å². The first kappa shape index (κ1) is 17.3. The minimum Gasteiger partial charge on any atom is -0.465 e. The van der Waals surface area contributed by atoms with Gasteiger partial charge in [0.15, 0.2) is 0 Å². The van der Waals surface area contributed by atoms with E-state index in [1.807, 2.05) is 0 Å². The number of carbonyl (C=O) groups excluding carboxylic acids is 3. The summed E-state index contributed by atoms with van der Waals surface area (Å²) in [6.07, 6.45) is 1.16. The molecule has 1 aliphatic rings. The SMILES string of the molecule is COC(=O)c1cc(Cl)c(C=C2C(=O)OC(C)(C)OC2=O)c(Cl)c1. The smallest absolute Gasteiger partial charge is 0.348 e. The maximum atomic E-state index is 11.9. The van der Waals surface area contributed by atoms with E-state index >= 15 is 0 Å². The van der Waals surface area contributed by atoms with E-state index in [1.54, 1.807) is 0 Å². The summed E-state index contributed by atoms with van der Waals surface area (Å²) in [4.78, 5) is 35.3. The first-order valence-electron chi connectivity index (χ1n) is 6.40. The van der Waals surface area contributed by atoms with Crippen LogP contribution in [0.2, 0.25) is 10.0 Å². The molecule has 0 atom stereocenters. The van der Waals surface area contributed by atoms with Crippen LogP contribution in [-0.2, 0) is 23.8 Å². The van der Waals surface area contributed by atoms with Crippen LogP contribution in [0, 0.1) is 0 Å². The topological polar surface area (TPSA) is 78.9 Å². The Morgan fingerprint density at radius 2 is 1.61 bits per heavy atom. The fraction of sp³-hybridized carbons (Fsp3) is 0.267. The molecule has 0 aromatic heterocycles. The van der Waals surface area contributed by atoms with Gasteiger partial charge in [0, 0.05) is 19.4 Å². The van der Waals surface area contributed by atoms with Gasteiger partial charge in [-0.25, -0.2) is 14.4 Å². The highest BCUT2D eigenvalue weighted by Gasteiger charge is 2.39. The number of hydrogen-bond acceptors (Lipinski definition) is 6. The van der Waals surface area contributed by atoms with Crippen LogP contribution in [0.3, 0.4) is 0 Å². The summed E-state index contributed by atoms with van der Waals surface area (Å²) in [6.45, 7) is 2.87. The van der Waals surface area contributed by atoms with Crippen LogP contribution in [0.15, 0.2) is 17.7 Å². The van der Waals surface area contributed by atoms with Crippen LogP contribution < -0.4 is 0 Å². The summed E-state index contributed by atoms with van der Waals surface area (Å²) >= 11 is 12.1. The summed E-state index contributed by atoms with van der Waals surface area (Å²) < 4.78 is 14.5. The van der Waals surface area contributed by atoms with Crippen molar-refractivity contribution in [2.24, 2.45) is 0 Å².